The van der Waals surface area contributed by atoms with Crippen molar-refractivity contribution in [1.29, 1.82) is 0 Å². The van der Waals surface area contributed by atoms with Crippen molar-refractivity contribution in [1.82, 2.24) is 4.98 Å². The summed E-state index contributed by atoms with van der Waals surface area (Å²) in [5, 5.41) is 5.32. The van der Waals surface area contributed by atoms with E-state index in [1.54, 1.807) is 17.6 Å². The molecule has 0 bridgehead atoms. The lowest BCUT2D eigenvalue weighted by atomic mass is 10.2. The Labute approximate surface area is 102 Å². The van der Waals surface area contributed by atoms with Crippen LogP contribution in [-0.4, -0.2) is 4.98 Å². The van der Waals surface area contributed by atoms with Crippen molar-refractivity contribution in [3.05, 3.63) is 45.6 Å². The van der Waals surface area contributed by atoms with E-state index < -0.39 is 0 Å². The molecular formula is C11H10ClFN2S. The number of anilines is 1. The number of aromatic nitrogens is 1. The number of rotatable bonds is 3. The minimum absolute atomic E-state index is 0.0688. The predicted octanol–water partition coefficient (Wildman–Crippen LogP) is 4.11. The summed E-state index contributed by atoms with van der Waals surface area (Å²) in [4.78, 5) is 4.16. The molecule has 0 spiro atoms. The molecule has 0 saturated carbocycles. The van der Waals surface area contributed by atoms with Gasteiger partial charge in [0.05, 0.1) is 28.0 Å². The van der Waals surface area contributed by atoms with Gasteiger partial charge in [0, 0.05) is 5.38 Å². The minimum Gasteiger partial charge on any atom is -0.373 e. The standard InChI is InChI=1S/C11H10ClFN2S/c1-7(10-5-16-6-14-10)15-11-8(12)3-2-4-9(11)13/h2-7,15H,1H3. The Hall–Kier alpha value is -1.13. The van der Waals surface area contributed by atoms with E-state index in [2.05, 4.69) is 10.3 Å². The van der Waals surface area contributed by atoms with Crippen LogP contribution < -0.4 is 5.32 Å². The van der Waals surface area contributed by atoms with Crippen LogP contribution in [0.2, 0.25) is 5.02 Å². The fraction of sp³-hybridized carbons (Fsp3) is 0.182. The normalized spacial score (nSPS) is 12.4. The van der Waals surface area contributed by atoms with Gasteiger partial charge in [0.25, 0.3) is 0 Å². The second kappa shape index (κ2) is 4.80. The third kappa shape index (κ3) is 2.33. The van der Waals surface area contributed by atoms with Crippen LogP contribution in [0.15, 0.2) is 29.1 Å². The number of para-hydroxylation sites is 1. The Morgan fingerprint density at radius 1 is 1.50 bits per heavy atom. The first kappa shape index (κ1) is 11.4. The molecule has 0 radical (unpaired) electrons. The molecule has 2 rings (SSSR count). The highest BCUT2D eigenvalue weighted by Crippen LogP contribution is 2.28. The summed E-state index contributed by atoms with van der Waals surface area (Å²) < 4.78 is 13.5. The van der Waals surface area contributed by atoms with E-state index in [9.17, 15) is 4.39 Å². The highest BCUT2D eigenvalue weighted by Gasteiger charge is 2.12. The van der Waals surface area contributed by atoms with E-state index in [0.29, 0.717) is 10.7 Å². The van der Waals surface area contributed by atoms with Crippen LogP contribution in [0.5, 0.6) is 0 Å². The third-order valence-electron chi connectivity index (χ3n) is 2.22. The molecule has 1 N–H and O–H groups in total. The van der Waals surface area contributed by atoms with Crippen molar-refractivity contribution in [2.24, 2.45) is 0 Å². The molecule has 1 aromatic carbocycles. The summed E-state index contributed by atoms with van der Waals surface area (Å²) in [5.74, 6) is -0.352. The fourth-order valence-corrected chi connectivity index (χ4v) is 2.23. The van der Waals surface area contributed by atoms with Crippen LogP contribution in [0, 0.1) is 5.82 Å². The number of halogens is 2. The Morgan fingerprint density at radius 3 is 2.94 bits per heavy atom. The van der Waals surface area contributed by atoms with Gasteiger partial charge in [0.1, 0.15) is 5.82 Å². The van der Waals surface area contributed by atoms with Crippen LogP contribution in [0.4, 0.5) is 10.1 Å². The van der Waals surface area contributed by atoms with E-state index >= 15 is 0 Å². The van der Waals surface area contributed by atoms with Crippen molar-refractivity contribution in [2.45, 2.75) is 13.0 Å². The highest BCUT2D eigenvalue weighted by atomic mass is 35.5. The molecule has 0 fully saturated rings. The maximum absolute atomic E-state index is 13.5. The van der Waals surface area contributed by atoms with Crippen molar-refractivity contribution < 1.29 is 4.39 Å². The first-order valence-electron chi connectivity index (χ1n) is 4.77. The van der Waals surface area contributed by atoms with Gasteiger partial charge < -0.3 is 5.32 Å². The van der Waals surface area contributed by atoms with Crippen LogP contribution in [0.1, 0.15) is 18.7 Å². The van der Waals surface area contributed by atoms with Crippen molar-refractivity contribution in [3.63, 3.8) is 0 Å². The molecule has 1 unspecified atom stereocenters. The quantitative estimate of drug-likeness (QED) is 0.894. The van der Waals surface area contributed by atoms with E-state index in [4.69, 9.17) is 11.6 Å². The zero-order valence-corrected chi connectivity index (χ0v) is 10.1. The van der Waals surface area contributed by atoms with Gasteiger partial charge in [-0.05, 0) is 19.1 Å². The fourth-order valence-electron chi connectivity index (χ4n) is 1.36. The number of benzene rings is 1. The molecule has 2 aromatic rings. The molecule has 0 amide bonds. The molecule has 1 aromatic heterocycles. The second-order valence-electron chi connectivity index (χ2n) is 3.38. The molecule has 0 aliphatic rings. The van der Waals surface area contributed by atoms with Crippen LogP contribution in [-0.2, 0) is 0 Å². The average Bonchev–Trinajstić information content (AvgIpc) is 2.76. The van der Waals surface area contributed by atoms with Crippen LogP contribution in [0.25, 0.3) is 0 Å². The van der Waals surface area contributed by atoms with E-state index in [1.165, 1.54) is 17.4 Å². The molecular weight excluding hydrogens is 247 g/mol. The lowest BCUT2D eigenvalue weighted by molar-refractivity contribution is 0.627. The second-order valence-corrected chi connectivity index (χ2v) is 4.50. The molecule has 84 valence electrons. The Morgan fingerprint density at radius 2 is 2.31 bits per heavy atom. The first-order chi connectivity index (χ1) is 7.68. The predicted molar refractivity (Wildman–Crippen MR) is 65.6 cm³/mol. The van der Waals surface area contributed by atoms with Gasteiger partial charge in [-0.25, -0.2) is 9.37 Å². The Bertz CT molecular complexity index is 453. The summed E-state index contributed by atoms with van der Waals surface area (Å²) in [7, 11) is 0. The minimum atomic E-state index is -0.352. The lowest BCUT2D eigenvalue weighted by Crippen LogP contribution is -2.08. The van der Waals surface area contributed by atoms with Crippen molar-refractivity contribution in [3.8, 4) is 0 Å². The van der Waals surface area contributed by atoms with E-state index in [1.807, 2.05) is 12.3 Å². The number of hydrogen-bond donors (Lipinski definition) is 1. The van der Waals surface area contributed by atoms with E-state index in [-0.39, 0.29) is 11.9 Å². The van der Waals surface area contributed by atoms with Gasteiger partial charge in [-0.15, -0.1) is 11.3 Å². The lowest BCUT2D eigenvalue weighted by Gasteiger charge is -2.14. The summed E-state index contributed by atoms with van der Waals surface area (Å²) in [5.41, 5.74) is 2.95. The molecule has 0 aliphatic heterocycles. The SMILES string of the molecule is CC(Nc1c(F)cccc1Cl)c1cscn1. The Balaban J connectivity index is 2.21. The molecule has 0 aliphatic carbocycles. The average molecular weight is 257 g/mol. The van der Waals surface area contributed by atoms with Crippen LogP contribution >= 0.6 is 22.9 Å². The molecule has 0 saturated heterocycles. The van der Waals surface area contributed by atoms with Crippen molar-refractivity contribution >= 4 is 28.6 Å². The van der Waals surface area contributed by atoms with Crippen LogP contribution in [0.3, 0.4) is 0 Å². The monoisotopic (exact) mass is 256 g/mol. The van der Waals surface area contributed by atoms with Gasteiger partial charge >= 0.3 is 0 Å². The summed E-state index contributed by atoms with van der Waals surface area (Å²) in [6, 6.07) is 4.54. The summed E-state index contributed by atoms with van der Waals surface area (Å²) in [6.07, 6.45) is 0. The summed E-state index contributed by atoms with van der Waals surface area (Å²) in [6.45, 7) is 1.91. The molecule has 1 atom stereocenters. The van der Waals surface area contributed by atoms with Gasteiger partial charge in [0.2, 0.25) is 0 Å². The number of nitrogens with zero attached hydrogens (tertiary/aromatic N) is 1. The molecule has 1 heterocycles. The zero-order chi connectivity index (χ0) is 11.5. The van der Waals surface area contributed by atoms with Gasteiger partial charge in [-0.1, -0.05) is 17.7 Å². The van der Waals surface area contributed by atoms with Gasteiger partial charge in [-0.3, -0.25) is 0 Å². The van der Waals surface area contributed by atoms with E-state index in [0.717, 1.165) is 5.69 Å². The van der Waals surface area contributed by atoms with Gasteiger partial charge in [-0.2, -0.15) is 0 Å². The topological polar surface area (TPSA) is 24.9 Å². The molecule has 2 nitrogen and oxygen atoms in total. The van der Waals surface area contributed by atoms with Crippen molar-refractivity contribution in [2.75, 3.05) is 5.32 Å². The maximum atomic E-state index is 13.5. The summed E-state index contributed by atoms with van der Waals surface area (Å²) >= 11 is 7.42. The number of hydrogen-bond acceptors (Lipinski definition) is 3. The molecule has 16 heavy (non-hydrogen) atoms. The Kier molecular flexibility index (Phi) is 3.41. The smallest absolute Gasteiger partial charge is 0.147 e. The zero-order valence-electron chi connectivity index (χ0n) is 8.58. The number of nitrogens with one attached hydrogen (secondary N) is 1. The highest BCUT2D eigenvalue weighted by molar-refractivity contribution is 7.07. The molecule has 5 heteroatoms. The number of thiazole rings is 1. The maximum Gasteiger partial charge on any atom is 0.147 e. The first-order valence-corrected chi connectivity index (χ1v) is 6.09. The third-order valence-corrected chi connectivity index (χ3v) is 3.14. The van der Waals surface area contributed by atoms with Gasteiger partial charge in [0.15, 0.2) is 0 Å². The largest absolute Gasteiger partial charge is 0.373 e.